The van der Waals surface area contributed by atoms with E-state index in [1.54, 1.807) is 0 Å². The minimum Gasteiger partial charge on any atom is -0.494 e. The van der Waals surface area contributed by atoms with Gasteiger partial charge >= 0.3 is 0 Å². The minimum atomic E-state index is -0.495. The number of carbonyl (C=O) groups excluding carboxylic acids is 1. The number of unbranched alkanes of at least 4 members (excludes halogenated alkanes) is 2. The maximum Gasteiger partial charge on any atom is 0.243 e. The number of nitrogens with zero attached hydrogens (tertiary/aromatic N) is 2. The van der Waals surface area contributed by atoms with Crippen LogP contribution in [0, 0.1) is 0 Å². The van der Waals surface area contributed by atoms with Crippen molar-refractivity contribution < 1.29 is 9.90 Å². The summed E-state index contributed by atoms with van der Waals surface area (Å²) in [6.07, 6.45) is 9.32. The molecule has 0 radical (unpaired) electrons. The van der Waals surface area contributed by atoms with Crippen LogP contribution in [0.5, 0.6) is 5.88 Å². The Hall–Kier alpha value is -3.86. The number of nitrogens with one attached hydrogen (secondary N) is 1. The molecule has 0 bridgehead atoms. The SMILES string of the molecule is CCCCCC(C(=O)NC1CCCCC1)n1c(O)c(C(=Nc2ccccc2)c2ccccc2)c2ccccc21. The first kappa shape index (κ1) is 26.7. The van der Waals surface area contributed by atoms with Gasteiger partial charge in [0.1, 0.15) is 6.04 Å². The Labute approximate surface area is 231 Å². The highest BCUT2D eigenvalue weighted by Gasteiger charge is 2.30. The molecule has 1 unspecified atom stereocenters. The zero-order valence-electron chi connectivity index (χ0n) is 22.9. The van der Waals surface area contributed by atoms with E-state index in [0.717, 1.165) is 67.1 Å². The molecule has 1 heterocycles. The maximum absolute atomic E-state index is 13.9. The quantitative estimate of drug-likeness (QED) is 0.164. The van der Waals surface area contributed by atoms with Gasteiger partial charge in [0, 0.05) is 17.0 Å². The Morgan fingerprint density at radius 3 is 2.31 bits per heavy atom. The van der Waals surface area contributed by atoms with Gasteiger partial charge in [-0.25, -0.2) is 4.99 Å². The van der Waals surface area contributed by atoms with Crippen molar-refractivity contribution in [2.75, 3.05) is 0 Å². The standard InChI is InChI=1S/C34H39N3O2/c1-2-3-7-24-30(33(38)36-27-20-12-6-13-21-27)37-29-23-15-14-22-28(29)31(34(37)39)32(25-16-8-4-9-17-25)35-26-18-10-5-11-19-26/h4-5,8-11,14-19,22-23,27,30,39H,2-3,6-7,12-13,20-21,24H2,1H3,(H,36,38). The Balaban J connectivity index is 1.65. The van der Waals surface area contributed by atoms with Crippen LogP contribution in [0.15, 0.2) is 89.9 Å². The average Bonchev–Trinajstić information content (AvgIpc) is 3.27. The number of aliphatic imine (C=N–C) groups is 1. The molecular weight excluding hydrogens is 482 g/mol. The van der Waals surface area contributed by atoms with E-state index in [4.69, 9.17) is 4.99 Å². The molecule has 5 heteroatoms. The topological polar surface area (TPSA) is 66.6 Å². The van der Waals surface area contributed by atoms with Crippen molar-refractivity contribution in [1.29, 1.82) is 0 Å². The van der Waals surface area contributed by atoms with Crippen LogP contribution < -0.4 is 5.32 Å². The number of rotatable bonds is 10. The summed E-state index contributed by atoms with van der Waals surface area (Å²) in [5, 5.41) is 16.2. The number of carbonyl (C=O) groups is 1. The fourth-order valence-electron chi connectivity index (χ4n) is 5.80. The van der Waals surface area contributed by atoms with Crippen LogP contribution in [0.4, 0.5) is 5.69 Å². The number of hydrogen-bond donors (Lipinski definition) is 2. The van der Waals surface area contributed by atoms with Crippen LogP contribution >= 0.6 is 0 Å². The molecule has 1 amide bonds. The molecule has 1 saturated carbocycles. The van der Waals surface area contributed by atoms with Gasteiger partial charge in [-0.1, -0.05) is 112 Å². The third-order valence-electron chi connectivity index (χ3n) is 7.81. The van der Waals surface area contributed by atoms with Crippen LogP contribution in [0.25, 0.3) is 10.9 Å². The van der Waals surface area contributed by atoms with E-state index in [9.17, 15) is 9.90 Å². The maximum atomic E-state index is 13.9. The zero-order valence-corrected chi connectivity index (χ0v) is 22.9. The fraction of sp³-hybridized carbons (Fsp3) is 0.353. The van der Waals surface area contributed by atoms with Gasteiger partial charge in [0.2, 0.25) is 11.8 Å². The van der Waals surface area contributed by atoms with E-state index in [2.05, 4.69) is 12.2 Å². The number of amides is 1. The molecule has 1 aliphatic rings. The summed E-state index contributed by atoms with van der Waals surface area (Å²) in [6.45, 7) is 2.17. The second-order valence-electron chi connectivity index (χ2n) is 10.6. The first-order chi connectivity index (χ1) is 19.2. The predicted octanol–water partition coefficient (Wildman–Crippen LogP) is 8.09. The summed E-state index contributed by atoms with van der Waals surface area (Å²) in [5.74, 6) is 0.0943. The first-order valence-corrected chi connectivity index (χ1v) is 14.5. The molecule has 3 aromatic carbocycles. The van der Waals surface area contributed by atoms with E-state index in [0.29, 0.717) is 17.7 Å². The van der Waals surface area contributed by atoms with Crippen LogP contribution in [0.1, 0.15) is 81.9 Å². The van der Waals surface area contributed by atoms with Crippen molar-refractivity contribution in [2.45, 2.75) is 76.8 Å². The molecule has 1 fully saturated rings. The van der Waals surface area contributed by atoms with Gasteiger partial charge in [0.15, 0.2) is 0 Å². The lowest BCUT2D eigenvalue weighted by atomic mass is 9.95. The van der Waals surface area contributed by atoms with E-state index >= 15 is 0 Å². The van der Waals surface area contributed by atoms with Crippen LogP contribution in [-0.4, -0.2) is 27.3 Å². The van der Waals surface area contributed by atoms with Crippen LogP contribution in [0.3, 0.4) is 0 Å². The second-order valence-corrected chi connectivity index (χ2v) is 10.6. The largest absolute Gasteiger partial charge is 0.494 e. The van der Waals surface area contributed by atoms with Crippen molar-refractivity contribution in [3.05, 3.63) is 96.1 Å². The lowest BCUT2D eigenvalue weighted by Crippen LogP contribution is -2.40. The van der Waals surface area contributed by atoms with Crippen molar-refractivity contribution in [2.24, 2.45) is 4.99 Å². The highest BCUT2D eigenvalue weighted by Crippen LogP contribution is 2.38. The lowest BCUT2D eigenvalue weighted by Gasteiger charge is -2.27. The molecular formula is C34H39N3O2. The van der Waals surface area contributed by atoms with Crippen molar-refractivity contribution in [3.8, 4) is 5.88 Å². The van der Waals surface area contributed by atoms with Gasteiger partial charge in [-0.2, -0.15) is 0 Å². The smallest absolute Gasteiger partial charge is 0.243 e. The van der Waals surface area contributed by atoms with E-state index in [-0.39, 0.29) is 17.8 Å². The predicted molar refractivity (Wildman–Crippen MR) is 160 cm³/mol. The highest BCUT2D eigenvalue weighted by molar-refractivity contribution is 6.22. The molecule has 202 valence electrons. The molecule has 39 heavy (non-hydrogen) atoms. The highest BCUT2D eigenvalue weighted by atomic mass is 16.3. The summed E-state index contributed by atoms with van der Waals surface area (Å²) in [4.78, 5) is 18.9. The van der Waals surface area contributed by atoms with Gasteiger partial charge in [-0.05, 0) is 37.5 Å². The normalized spacial score (nSPS) is 15.4. The lowest BCUT2D eigenvalue weighted by molar-refractivity contribution is -0.125. The number of para-hydroxylation sites is 2. The number of fused-ring (bicyclic) bond motifs is 1. The molecule has 0 saturated heterocycles. The molecule has 1 aliphatic carbocycles. The average molecular weight is 522 g/mol. The van der Waals surface area contributed by atoms with E-state index in [1.807, 2.05) is 89.5 Å². The van der Waals surface area contributed by atoms with Gasteiger partial charge < -0.3 is 10.4 Å². The van der Waals surface area contributed by atoms with Crippen molar-refractivity contribution >= 4 is 28.2 Å². The second kappa shape index (κ2) is 12.8. The molecule has 0 spiro atoms. The third-order valence-corrected chi connectivity index (χ3v) is 7.81. The van der Waals surface area contributed by atoms with Gasteiger partial charge in [0.25, 0.3) is 0 Å². The molecule has 0 aliphatic heterocycles. The monoisotopic (exact) mass is 521 g/mol. The molecule has 1 atom stereocenters. The number of hydrogen-bond acceptors (Lipinski definition) is 3. The third kappa shape index (κ3) is 6.08. The Kier molecular flexibility index (Phi) is 8.77. The molecule has 2 N–H and O–H groups in total. The zero-order chi connectivity index (χ0) is 27.0. The molecule has 1 aromatic heterocycles. The first-order valence-electron chi connectivity index (χ1n) is 14.5. The molecule has 4 aromatic rings. The van der Waals surface area contributed by atoms with Crippen molar-refractivity contribution in [3.63, 3.8) is 0 Å². The van der Waals surface area contributed by atoms with Crippen LogP contribution in [0.2, 0.25) is 0 Å². The Morgan fingerprint density at radius 2 is 1.59 bits per heavy atom. The summed E-state index contributed by atoms with van der Waals surface area (Å²) < 4.78 is 1.86. The van der Waals surface area contributed by atoms with Gasteiger partial charge in [-0.15, -0.1) is 0 Å². The number of aromatic nitrogens is 1. The summed E-state index contributed by atoms with van der Waals surface area (Å²) in [6, 6.07) is 27.5. The van der Waals surface area contributed by atoms with Gasteiger partial charge in [0.05, 0.1) is 22.5 Å². The summed E-state index contributed by atoms with van der Waals surface area (Å²) in [7, 11) is 0. The molecule has 5 rings (SSSR count). The fourth-order valence-corrected chi connectivity index (χ4v) is 5.80. The Bertz CT molecular complexity index is 1400. The van der Waals surface area contributed by atoms with E-state index in [1.165, 1.54) is 6.42 Å². The number of benzene rings is 3. The van der Waals surface area contributed by atoms with Crippen LogP contribution in [-0.2, 0) is 4.79 Å². The van der Waals surface area contributed by atoms with E-state index < -0.39 is 6.04 Å². The van der Waals surface area contributed by atoms with Crippen molar-refractivity contribution in [1.82, 2.24) is 9.88 Å². The molecule has 5 nitrogen and oxygen atoms in total. The number of aromatic hydroxyl groups is 1. The van der Waals surface area contributed by atoms with Gasteiger partial charge in [-0.3, -0.25) is 9.36 Å². The Morgan fingerprint density at radius 1 is 0.923 bits per heavy atom. The summed E-state index contributed by atoms with van der Waals surface area (Å²) in [5.41, 5.74) is 3.92. The minimum absolute atomic E-state index is 0.00173. The summed E-state index contributed by atoms with van der Waals surface area (Å²) >= 11 is 0.